The van der Waals surface area contributed by atoms with Crippen molar-refractivity contribution in [3.05, 3.63) is 30.0 Å². The van der Waals surface area contributed by atoms with Gasteiger partial charge in [-0.25, -0.2) is 13.1 Å². The molecule has 0 fully saturated rings. The Labute approximate surface area is 141 Å². The second-order valence-electron chi connectivity index (χ2n) is 5.57. The number of hydrogen-bond acceptors (Lipinski definition) is 5. The fourth-order valence-corrected chi connectivity index (χ4v) is 4.07. The Morgan fingerprint density at radius 3 is 2.67 bits per heavy atom. The highest BCUT2D eigenvalue weighted by molar-refractivity contribution is 7.89. The van der Waals surface area contributed by atoms with Gasteiger partial charge in [-0.3, -0.25) is 9.78 Å². The van der Waals surface area contributed by atoms with Crippen LogP contribution in [0.2, 0.25) is 0 Å². The highest BCUT2D eigenvalue weighted by atomic mass is 32.2. The number of pyridine rings is 1. The third-order valence-electron chi connectivity index (χ3n) is 4.25. The molecule has 0 aliphatic carbocycles. The molecule has 0 bridgehead atoms. The molecule has 2 heterocycles. The molecule has 2 N–H and O–H groups in total. The summed E-state index contributed by atoms with van der Waals surface area (Å²) < 4.78 is 27.9. The summed E-state index contributed by atoms with van der Waals surface area (Å²) in [7, 11) is -3.70. The van der Waals surface area contributed by atoms with E-state index in [0.29, 0.717) is 35.2 Å². The lowest BCUT2D eigenvalue weighted by atomic mass is 10.1. The first-order valence-corrected chi connectivity index (χ1v) is 9.41. The number of benzene rings is 1. The monoisotopic (exact) mass is 348 g/mol. The van der Waals surface area contributed by atoms with E-state index in [1.165, 1.54) is 12.3 Å². The first-order valence-electron chi connectivity index (χ1n) is 7.93. The molecule has 0 unspecified atom stereocenters. The van der Waals surface area contributed by atoms with Crippen LogP contribution >= 0.6 is 0 Å². The molecule has 0 radical (unpaired) electrons. The number of carbonyl (C=O) groups excluding carboxylic acids is 1. The quantitative estimate of drug-likeness (QED) is 0.790. The van der Waals surface area contributed by atoms with Crippen LogP contribution in [0.25, 0.3) is 10.9 Å². The maximum atomic E-state index is 12.7. The van der Waals surface area contributed by atoms with E-state index in [-0.39, 0.29) is 10.8 Å². The predicted molar refractivity (Wildman–Crippen MR) is 92.7 cm³/mol. The van der Waals surface area contributed by atoms with Crippen LogP contribution in [0.1, 0.15) is 24.2 Å². The summed E-state index contributed by atoms with van der Waals surface area (Å²) in [5.41, 5.74) is 1.37. The molecule has 1 aromatic carbocycles. The molecule has 1 aliphatic rings. The number of rotatable bonds is 7. The predicted octanol–water partition coefficient (Wildman–Crippen LogP) is 1.42. The number of sulfonamides is 1. The smallest absolute Gasteiger partial charge is 0.256 e. The van der Waals surface area contributed by atoms with Crippen LogP contribution in [0.5, 0.6) is 0 Å². The lowest BCUT2D eigenvalue weighted by molar-refractivity contribution is 0.103. The standard InChI is InChI=1S/C16H20N4O3S/c1-3-20(4-2)10-9-18-24(22,23)13-6-5-12-14-11(16(21)19-12)7-8-17-15(13)14/h5-8,18H,3-4,9-10H2,1-2H3,(H,19,21). The van der Waals surface area contributed by atoms with E-state index in [1.54, 1.807) is 12.1 Å². The van der Waals surface area contributed by atoms with Crippen molar-refractivity contribution in [2.45, 2.75) is 18.7 Å². The van der Waals surface area contributed by atoms with Crippen LogP contribution < -0.4 is 10.0 Å². The fraction of sp³-hybridized carbons (Fsp3) is 0.375. The molecule has 1 aromatic heterocycles. The van der Waals surface area contributed by atoms with E-state index >= 15 is 0 Å². The molecule has 128 valence electrons. The fourth-order valence-electron chi connectivity index (χ4n) is 2.90. The molecule has 1 amide bonds. The first kappa shape index (κ1) is 16.8. The van der Waals surface area contributed by atoms with Crippen LogP contribution in [0, 0.1) is 0 Å². The van der Waals surface area contributed by atoms with Crippen molar-refractivity contribution in [3.63, 3.8) is 0 Å². The second kappa shape index (κ2) is 6.46. The van der Waals surface area contributed by atoms with E-state index < -0.39 is 10.0 Å². The molecule has 24 heavy (non-hydrogen) atoms. The van der Waals surface area contributed by atoms with Crippen molar-refractivity contribution < 1.29 is 13.2 Å². The molecule has 0 atom stereocenters. The van der Waals surface area contributed by atoms with Gasteiger partial charge in [-0.05, 0) is 31.3 Å². The Hall–Kier alpha value is -2.03. The van der Waals surface area contributed by atoms with Gasteiger partial charge in [-0.1, -0.05) is 13.8 Å². The lowest BCUT2D eigenvalue weighted by Gasteiger charge is -2.18. The van der Waals surface area contributed by atoms with Gasteiger partial charge in [0.25, 0.3) is 5.91 Å². The number of carbonyl (C=O) groups is 1. The first-order chi connectivity index (χ1) is 11.5. The van der Waals surface area contributed by atoms with E-state index in [9.17, 15) is 13.2 Å². The Kier molecular flexibility index (Phi) is 4.53. The summed E-state index contributed by atoms with van der Waals surface area (Å²) in [4.78, 5) is 18.3. The van der Waals surface area contributed by atoms with E-state index in [2.05, 4.69) is 19.9 Å². The van der Waals surface area contributed by atoms with Crippen LogP contribution in [-0.4, -0.2) is 50.4 Å². The Morgan fingerprint density at radius 1 is 1.21 bits per heavy atom. The summed E-state index contributed by atoms with van der Waals surface area (Å²) in [6.45, 7) is 6.78. The van der Waals surface area contributed by atoms with Crippen molar-refractivity contribution >= 4 is 32.5 Å². The van der Waals surface area contributed by atoms with Crippen LogP contribution in [0.3, 0.4) is 0 Å². The van der Waals surface area contributed by atoms with Crippen molar-refractivity contribution in [1.82, 2.24) is 14.6 Å². The van der Waals surface area contributed by atoms with Gasteiger partial charge in [0.05, 0.1) is 16.8 Å². The number of anilines is 1. The molecule has 1 aliphatic heterocycles. The number of nitrogens with zero attached hydrogens (tertiary/aromatic N) is 2. The van der Waals surface area contributed by atoms with Crippen LogP contribution in [0.4, 0.5) is 5.69 Å². The van der Waals surface area contributed by atoms with Crippen molar-refractivity contribution in [1.29, 1.82) is 0 Å². The van der Waals surface area contributed by atoms with Gasteiger partial charge in [0.15, 0.2) is 0 Å². The zero-order valence-electron chi connectivity index (χ0n) is 13.7. The number of nitrogens with one attached hydrogen (secondary N) is 2. The van der Waals surface area contributed by atoms with Gasteiger partial charge >= 0.3 is 0 Å². The Bertz CT molecular complexity index is 892. The van der Waals surface area contributed by atoms with E-state index in [0.717, 1.165) is 13.1 Å². The molecular formula is C16H20N4O3S. The van der Waals surface area contributed by atoms with Gasteiger partial charge in [-0.2, -0.15) is 0 Å². The average Bonchev–Trinajstić information content (AvgIpc) is 2.90. The third-order valence-corrected chi connectivity index (χ3v) is 5.74. The molecular weight excluding hydrogens is 328 g/mol. The maximum Gasteiger partial charge on any atom is 0.256 e. The molecule has 8 heteroatoms. The molecule has 0 saturated carbocycles. The highest BCUT2D eigenvalue weighted by Gasteiger charge is 2.27. The summed E-state index contributed by atoms with van der Waals surface area (Å²) in [6, 6.07) is 4.69. The molecule has 2 aromatic rings. The topological polar surface area (TPSA) is 91.4 Å². The summed E-state index contributed by atoms with van der Waals surface area (Å²) >= 11 is 0. The number of likely N-dealkylation sites (N-methyl/N-ethyl adjacent to an activating group) is 1. The molecule has 0 saturated heterocycles. The van der Waals surface area contributed by atoms with Gasteiger partial charge in [0, 0.05) is 24.7 Å². The number of amides is 1. The minimum atomic E-state index is -3.70. The largest absolute Gasteiger partial charge is 0.321 e. The minimum Gasteiger partial charge on any atom is -0.321 e. The van der Waals surface area contributed by atoms with Crippen LogP contribution in [0.15, 0.2) is 29.3 Å². The van der Waals surface area contributed by atoms with Crippen molar-refractivity contribution in [2.24, 2.45) is 0 Å². The summed E-state index contributed by atoms with van der Waals surface area (Å²) in [5, 5.41) is 3.29. The zero-order chi connectivity index (χ0) is 17.3. The number of hydrogen-bond donors (Lipinski definition) is 2. The van der Waals surface area contributed by atoms with Crippen molar-refractivity contribution in [3.8, 4) is 0 Å². The van der Waals surface area contributed by atoms with Gasteiger partial charge in [-0.15, -0.1) is 0 Å². The Morgan fingerprint density at radius 2 is 1.96 bits per heavy atom. The third kappa shape index (κ3) is 2.88. The average molecular weight is 348 g/mol. The van der Waals surface area contributed by atoms with Crippen LogP contribution in [-0.2, 0) is 10.0 Å². The summed E-state index contributed by atoms with van der Waals surface area (Å²) in [6.07, 6.45) is 1.46. The highest BCUT2D eigenvalue weighted by Crippen LogP contribution is 2.34. The maximum absolute atomic E-state index is 12.7. The van der Waals surface area contributed by atoms with E-state index in [4.69, 9.17) is 0 Å². The molecule has 0 spiro atoms. The minimum absolute atomic E-state index is 0.0964. The molecule has 3 rings (SSSR count). The zero-order valence-corrected chi connectivity index (χ0v) is 14.5. The van der Waals surface area contributed by atoms with Crippen molar-refractivity contribution in [2.75, 3.05) is 31.5 Å². The normalized spacial score (nSPS) is 13.7. The molecule has 7 nitrogen and oxygen atoms in total. The van der Waals surface area contributed by atoms with Gasteiger partial charge < -0.3 is 10.2 Å². The van der Waals surface area contributed by atoms with Gasteiger partial charge in [0.2, 0.25) is 10.0 Å². The second-order valence-corrected chi connectivity index (χ2v) is 7.31. The van der Waals surface area contributed by atoms with Gasteiger partial charge in [0.1, 0.15) is 4.90 Å². The number of aromatic nitrogens is 1. The summed E-state index contributed by atoms with van der Waals surface area (Å²) in [5.74, 6) is -0.235. The van der Waals surface area contributed by atoms with E-state index in [1.807, 2.05) is 13.8 Å². The SMILES string of the molecule is CCN(CC)CCNS(=O)(=O)c1ccc2c3c(ccnc13)C(=O)N2. The lowest BCUT2D eigenvalue weighted by Crippen LogP contribution is -2.34. The Balaban J connectivity index is 1.92.